The zero-order valence-electron chi connectivity index (χ0n) is 22.8. The highest BCUT2D eigenvalue weighted by atomic mass is 16.5. The van der Waals surface area contributed by atoms with Crippen molar-refractivity contribution in [1.29, 1.82) is 0 Å². The van der Waals surface area contributed by atoms with E-state index in [9.17, 15) is 28.8 Å². The van der Waals surface area contributed by atoms with Crippen LogP contribution in [0.2, 0.25) is 0 Å². The molecule has 0 radical (unpaired) electrons. The van der Waals surface area contributed by atoms with Crippen molar-refractivity contribution in [3.05, 3.63) is 46.4 Å². The van der Waals surface area contributed by atoms with Crippen molar-refractivity contribution in [1.82, 2.24) is 9.88 Å². The molecule has 0 spiro atoms. The van der Waals surface area contributed by atoms with Crippen molar-refractivity contribution in [2.24, 2.45) is 5.41 Å². The van der Waals surface area contributed by atoms with E-state index in [1.165, 1.54) is 29.0 Å². The number of aliphatic carboxylic acids is 1. The number of esters is 1. The summed E-state index contributed by atoms with van der Waals surface area (Å²) in [6.07, 6.45) is 5.66. The Kier molecular flexibility index (Phi) is 16.2. The number of Topliss-reactive ketones (excluding diaryl/α,β-unsaturated/α-hetero) is 2. The van der Waals surface area contributed by atoms with Crippen LogP contribution in [0.15, 0.2) is 35.3 Å². The smallest absolute Gasteiger partial charge is 0.330 e. The number of carboxylic acids is 1. The predicted molar refractivity (Wildman–Crippen MR) is 148 cm³/mol. The highest BCUT2D eigenvalue weighted by molar-refractivity contribution is 5.91. The third-order valence-electron chi connectivity index (χ3n) is 5.65. The molecule has 10 heteroatoms. The maximum atomic E-state index is 13.1. The Morgan fingerprint density at radius 1 is 1.13 bits per heavy atom. The summed E-state index contributed by atoms with van der Waals surface area (Å²) in [5.41, 5.74) is -0.152. The predicted octanol–water partition coefficient (Wildman–Crippen LogP) is 3.63. The van der Waals surface area contributed by atoms with Crippen LogP contribution in [0.1, 0.15) is 85.6 Å². The van der Waals surface area contributed by atoms with Crippen LogP contribution >= 0.6 is 0 Å². The van der Waals surface area contributed by atoms with E-state index < -0.39 is 35.2 Å². The van der Waals surface area contributed by atoms with Gasteiger partial charge in [-0.25, -0.2) is 4.79 Å². The number of hydrogen-bond acceptors (Lipinski definition) is 7. The molecule has 1 amide bonds. The Balaban J connectivity index is 0.0000144. The van der Waals surface area contributed by atoms with Gasteiger partial charge in [0.15, 0.2) is 11.6 Å². The molecule has 218 valence electrons. The zero-order valence-corrected chi connectivity index (χ0v) is 22.8. The van der Waals surface area contributed by atoms with Gasteiger partial charge in [-0.1, -0.05) is 40.3 Å². The number of pyridine rings is 1. The summed E-state index contributed by atoms with van der Waals surface area (Å²) in [6.45, 7) is 8.11. The summed E-state index contributed by atoms with van der Waals surface area (Å²) < 4.78 is 6.09. The monoisotopic (exact) mass is 548 g/mol. The van der Waals surface area contributed by atoms with Gasteiger partial charge in [0.05, 0.1) is 25.6 Å². The van der Waals surface area contributed by atoms with Gasteiger partial charge in [-0.15, -0.1) is 0 Å². The minimum atomic E-state index is -1.14. The Labute approximate surface area is 230 Å². The summed E-state index contributed by atoms with van der Waals surface area (Å²) >= 11 is 0. The molecule has 0 aliphatic rings. The van der Waals surface area contributed by atoms with Crippen molar-refractivity contribution < 1.29 is 33.8 Å². The van der Waals surface area contributed by atoms with Crippen LogP contribution in [0.4, 0.5) is 0 Å². The first-order chi connectivity index (χ1) is 17.8. The van der Waals surface area contributed by atoms with Gasteiger partial charge in [-0.05, 0) is 44.1 Å². The van der Waals surface area contributed by atoms with E-state index >= 15 is 0 Å². The second-order valence-corrected chi connectivity index (χ2v) is 10.3. The average Bonchev–Trinajstić information content (AvgIpc) is 2.81. The van der Waals surface area contributed by atoms with Gasteiger partial charge in [-0.3, -0.25) is 24.0 Å². The van der Waals surface area contributed by atoms with Crippen LogP contribution in [-0.2, 0) is 41.7 Å². The number of carbonyl (C=O) groups excluding carboxylic acids is 4. The lowest BCUT2D eigenvalue weighted by molar-refractivity contribution is -0.139. The number of aromatic nitrogens is 1. The highest BCUT2D eigenvalue weighted by Gasteiger charge is 2.22. The van der Waals surface area contributed by atoms with Crippen molar-refractivity contribution in [2.75, 3.05) is 6.61 Å². The zero-order chi connectivity index (χ0) is 28.7. The summed E-state index contributed by atoms with van der Waals surface area (Å²) in [4.78, 5) is 72.9. The highest BCUT2D eigenvalue weighted by Crippen LogP contribution is 2.21. The SMILES string of the molecule is C.CCOC(=O)/C=C/CC[C@H](NC(=O)CCC(=O)O)C(=O)Cc1cccn(CC(=O)CCCC(C)(C)C)c1=O. The van der Waals surface area contributed by atoms with E-state index in [-0.39, 0.29) is 69.4 Å². The van der Waals surface area contributed by atoms with Gasteiger partial charge in [0.1, 0.15) is 0 Å². The summed E-state index contributed by atoms with van der Waals surface area (Å²) in [5, 5.41) is 11.4. The molecule has 10 nitrogen and oxygen atoms in total. The Morgan fingerprint density at radius 2 is 1.82 bits per heavy atom. The Morgan fingerprint density at radius 3 is 2.44 bits per heavy atom. The lowest BCUT2D eigenvalue weighted by Gasteiger charge is -2.18. The van der Waals surface area contributed by atoms with Gasteiger partial charge in [0, 0.05) is 37.1 Å². The molecular weight excluding hydrogens is 504 g/mol. The van der Waals surface area contributed by atoms with Crippen LogP contribution in [0, 0.1) is 5.41 Å². The fraction of sp³-hybridized carbons (Fsp3) is 0.586. The molecule has 39 heavy (non-hydrogen) atoms. The number of hydrogen-bond donors (Lipinski definition) is 2. The molecule has 0 aliphatic carbocycles. The molecule has 1 aromatic rings. The fourth-order valence-corrected chi connectivity index (χ4v) is 3.67. The minimum Gasteiger partial charge on any atom is -0.481 e. The summed E-state index contributed by atoms with van der Waals surface area (Å²) in [7, 11) is 0. The number of allylic oxidation sites excluding steroid dienone is 1. The van der Waals surface area contributed by atoms with Crippen molar-refractivity contribution >= 4 is 29.4 Å². The number of nitrogens with one attached hydrogen (secondary N) is 1. The van der Waals surface area contributed by atoms with Crippen molar-refractivity contribution in [3.63, 3.8) is 0 Å². The molecule has 1 aromatic heterocycles. The molecule has 0 unspecified atom stereocenters. The van der Waals surface area contributed by atoms with Crippen molar-refractivity contribution in [2.45, 2.75) is 99.1 Å². The first-order valence-corrected chi connectivity index (χ1v) is 12.9. The molecular formula is C29H44N2O8. The lowest BCUT2D eigenvalue weighted by atomic mass is 9.89. The average molecular weight is 549 g/mol. The molecule has 1 atom stereocenters. The molecule has 1 heterocycles. The van der Waals surface area contributed by atoms with Gasteiger partial charge in [0.25, 0.3) is 5.56 Å². The van der Waals surface area contributed by atoms with Crippen LogP contribution < -0.4 is 10.9 Å². The fourth-order valence-electron chi connectivity index (χ4n) is 3.67. The third-order valence-corrected chi connectivity index (χ3v) is 5.65. The molecule has 0 saturated carbocycles. The number of ketones is 2. The molecule has 0 fully saturated rings. The van der Waals surface area contributed by atoms with E-state index in [1.807, 2.05) is 0 Å². The van der Waals surface area contributed by atoms with Crippen LogP contribution in [0.3, 0.4) is 0 Å². The summed E-state index contributed by atoms with van der Waals surface area (Å²) in [5.74, 6) is -2.79. The molecule has 1 rings (SSSR count). The number of amides is 1. The summed E-state index contributed by atoms with van der Waals surface area (Å²) in [6, 6.07) is 2.11. The first kappa shape index (κ1) is 35.4. The lowest BCUT2D eigenvalue weighted by Crippen LogP contribution is -2.42. The molecule has 0 bridgehead atoms. The molecule has 0 aliphatic heterocycles. The second kappa shape index (κ2) is 17.9. The Hall–Kier alpha value is -3.56. The van der Waals surface area contributed by atoms with E-state index in [1.54, 1.807) is 13.0 Å². The standard InChI is InChI=1S/C28H40N2O8.CH4/c1-5-38-26(36)13-7-6-12-22(29-24(33)14-15-25(34)35)23(32)18-20-10-9-17-30(27(20)37)19-21(31)11-8-16-28(2,3)4;/h7,9-10,13,17,22H,5-6,8,11-12,14-16,18-19H2,1-4H3,(H,29,33)(H,34,35);1H4/b13-7+;/t22-;/m0./s1. The topological polar surface area (TPSA) is 149 Å². The van der Waals surface area contributed by atoms with E-state index in [4.69, 9.17) is 9.84 Å². The number of nitrogens with zero attached hydrogens (tertiary/aromatic N) is 1. The first-order valence-electron chi connectivity index (χ1n) is 12.9. The van der Waals surface area contributed by atoms with E-state index in [2.05, 4.69) is 26.1 Å². The maximum absolute atomic E-state index is 13.1. The maximum Gasteiger partial charge on any atom is 0.330 e. The second-order valence-electron chi connectivity index (χ2n) is 10.3. The number of carbonyl (C=O) groups is 5. The Bertz CT molecular complexity index is 1070. The third kappa shape index (κ3) is 15.4. The van der Waals surface area contributed by atoms with Gasteiger partial charge in [0.2, 0.25) is 5.91 Å². The van der Waals surface area contributed by atoms with Gasteiger partial charge < -0.3 is 19.7 Å². The van der Waals surface area contributed by atoms with Gasteiger partial charge in [-0.2, -0.15) is 0 Å². The number of ether oxygens (including phenoxy) is 1. The minimum absolute atomic E-state index is 0. The van der Waals surface area contributed by atoms with Gasteiger partial charge >= 0.3 is 11.9 Å². The quantitative estimate of drug-likeness (QED) is 0.221. The van der Waals surface area contributed by atoms with Crippen molar-refractivity contribution in [3.8, 4) is 0 Å². The van der Waals surface area contributed by atoms with Crippen LogP contribution in [-0.4, -0.2) is 51.7 Å². The van der Waals surface area contributed by atoms with Crippen LogP contribution in [0.25, 0.3) is 0 Å². The molecule has 0 aromatic carbocycles. The van der Waals surface area contributed by atoms with Crippen LogP contribution in [0.5, 0.6) is 0 Å². The number of carboxylic acid groups (broad SMARTS) is 1. The normalized spacial score (nSPS) is 11.9. The van der Waals surface area contributed by atoms with E-state index in [0.717, 1.165) is 12.8 Å². The number of rotatable bonds is 17. The largest absolute Gasteiger partial charge is 0.481 e. The molecule has 0 saturated heterocycles. The molecule has 2 N–H and O–H groups in total. The van der Waals surface area contributed by atoms with E-state index in [0.29, 0.717) is 6.42 Å².